The fourth-order valence-electron chi connectivity index (χ4n) is 3.04. The lowest BCUT2D eigenvalue weighted by Crippen LogP contribution is -2.54. The van der Waals surface area contributed by atoms with Crippen LogP contribution in [-0.2, 0) is 9.59 Å². The average molecular weight is 318 g/mol. The number of nitrogens with one attached hydrogen (secondary N) is 2. The Balaban J connectivity index is 1.72. The van der Waals surface area contributed by atoms with Crippen molar-refractivity contribution < 1.29 is 9.59 Å². The van der Waals surface area contributed by atoms with E-state index in [-0.39, 0.29) is 17.9 Å². The van der Waals surface area contributed by atoms with Gasteiger partial charge in [-0.15, -0.1) is 0 Å². The number of hydrogen-bond acceptors (Lipinski definition) is 3. The van der Waals surface area contributed by atoms with E-state index in [2.05, 4.69) is 17.6 Å². The van der Waals surface area contributed by atoms with E-state index in [0.29, 0.717) is 0 Å². The topological polar surface area (TPSA) is 58.2 Å². The summed E-state index contributed by atoms with van der Waals surface area (Å²) in [6.45, 7) is 3.96. The van der Waals surface area contributed by atoms with Crippen LogP contribution in [-0.4, -0.2) is 22.6 Å². The van der Waals surface area contributed by atoms with E-state index >= 15 is 0 Å². The van der Waals surface area contributed by atoms with Crippen molar-refractivity contribution in [1.29, 1.82) is 0 Å². The lowest BCUT2D eigenvalue weighted by Gasteiger charge is -2.34. The number of anilines is 1. The van der Waals surface area contributed by atoms with Gasteiger partial charge < -0.3 is 10.6 Å². The molecule has 2 amide bonds. The van der Waals surface area contributed by atoms with E-state index in [0.717, 1.165) is 42.2 Å². The highest BCUT2D eigenvalue weighted by Crippen LogP contribution is 2.42. The van der Waals surface area contributed by atoms with Gasteiger partial charge in [0.25, 0.3) is 0 Å². The third-order valence-corrected chi connectivity index (χ3v) is 6.02. The SMILES string of the molecule is CC1CCC(NC(=O)C2(C)Sc3ccccc3NC2=O)CC1. The maximum Gasteiger partial charge on any atom is 0.250 e. The third kappa shape index (κ3) is 2.86. The zero-order valence-electron chi connectivity index (χ0n) is 13.0. The summed E-state index contributed by atoms with van der Waals surface area (Å²) < 4.78 is -1.10. The normalized spacial score (nSPS) is 31.1. The number of para-hydroxylation sites is 1. The molecule has 2 N–H and O–H groups in total. The highest BCUT2D eigenvalue weighted by atomic mass is 32.2. The minimum absolute atomic E-state index is 0.177. The largest absolute Gasteiger partial charge is 0.352 e. The summed E-state index contributed by atoms with van der Waals surface area (Å²) in [5, 5.41) is 5.95. The number of fused-ring (bicyclic) bond motifs is 1. The Morgan fingerprint density at radius 1 is 1.27 bits per heavy atom. The predicted molar refractivity (Wildman–Crippen MR) is 88.9 cm³/mol. The number of carbonyl (C=O) groups is 2. The lowest BCUT2D eigenvalue weighted by atomic mass is 9.87. The fourth-order valence-corrected chi connectivity index (χ4v) is 4.15. The molecule has 0 bridgehead atoms. The van der Waals surface area contributed by atoms with Crippen molar-refractivity contribution in [3.05, 3.63) is 24.3 Å². The zero-order valence-corrected chi connectivity index (χ0v) is 13.8. The zero-order chi connectivity index (χ0) is 15.7. The number of amides is 2. The van der Waals surface area contributed by atoms with Crippen LogP contribution >= 0.6 is 11.8 Å². The molecule has 1 atom stereocenters. The highest BCUT2D eigenvalue weighted by molar-refractivity contribution is 8.02. The second kappa shape index (κ2) is 5.95. The highest BCUT2D eigenvalue weighted by Gasteiger charge is 2.46. The summed E-state index contributed by atoms with van der Waals surface area (Å²) >= 11 is 1.34. The first-order valence-corrected chi connectivity index (χ1v) is 8.71. The van der Waals surface area contributed by atoms with E-state index in [1.165, 1.54) is 11.8 Å². The van der Waals surface area contributed by atoms with E-state index in [1.54, 1.807) is 6.92 Å². The standard InChI is InChI=1S/C17H22N2O2S/c1-11-7-9-12(10-8-11)18-15(20)17(2)16(21)19-13-5-3-4-6-14(13)22-17/h3-6,11-12H,7-10H2,1-2H3,(H,18,20)(H,19,21). The second-order valence-electron chi connectivity index (χ2n) is 6.52. The molecule has 1 unspecified atom stereocenters. The van der Waals surface area contributed by atoms with Gasteiger partial charge in [0.15, 0.2) is 4.75 Å². The van der Waals surface area contributed by atoms with Gasteiger partial charge >= 0.3 is 0 Å². The van der Waals surface area contributed by atoms with Crippen LogP contribution in [0.5, 0.6) is 0 Å². The summed E-state index contributed by atoms with van der Waals surface area (Å²) in [4.78, 5) is 26.1. The average Bonchev–Trinajstić information content (AvgIpc) is 2.50. The molecule has 1 saturated carbocycles. The number of hydrogen-bond donors (Lipinski definition) is 2. The first-order chi connectivity index (χ1) is 10.5. The molecule has 0 saturated heterocycles. The lowest BCUT2D eigenvalue weighted by molar-refractivity contribution is -0.130. The number of rotatable bonds is 2. The number of benzene rings is 1. The molecule has 0 radical (unpaired) electrons. The Morgan fingerprint density at radius 2 is 1.95 bits per heavy atom. The minimum atomic E-state index is -1.10. The Bertz CT molecular complexity index is 596. The van der Waals surface area contributed by atoms with Crippen molar-refractivity contribution in [1.82, 2.24) is 5.32 Å². The van der Waals surface area contributed by atoms with Gasteiger partial charge in [0.1, 0.15) is 0 Å². The van der Waals surface area contributed by atoms with Gasteiger partial charge in [0.05, 0.1) is 5.69 Å². The fraction of sp³-hybridized carbons (Fsp3) is 0.529. The van der Waals surface area contributed by atoms with Crippen LogP contribution < -0.4 is 10.6 Å². The molecule has 0 spiro atoms. The summed E-state index contributed by atoms with van der Waals surface area (Å²) in [6, 6.07) is 7.80. The smallest absolute Gasteiger partial charge is 0.250 e. The van der Waals surface area contributed by atoms with Gasteiger partial charge in [0.2, 0.25) is 11.8 Å². The van der Waals surface area contributed by atoms with Crippen molar-refractivity contribution in [2.45, 2.75) is 55.2 Å². The van der Waals surface area contributed by atoms with Crippen molar-refractivity contribution in [3.8, 4) is 0 Å². The molecule has 118 valence electrons. The molecule has 2 aliphatic rings. The minimum Gasteiger partial charge on any atom is -0.352 e. The monoisotopic (exact) mass is 318 g/mol. The van der Waals surface area contributed by atoms with Crippen LogP contribution in [0.2, 0.25) is 0 Å². The van der Waals surface area contributed by atoms with Crippen LogP contribution in [0, 0.1) is 5.92 Å². The Labute approximate surface area is 135 Å². The summed E-state index contributed by atoms with van der Waals surface area (Å²) in [7, 11) is 0. The van der Waals surface area contributed by atoms with Crippen LogP contribution in [0.4, 0.5) is 5.69 Å². The summed E-state index contributed by atoms with van der Waals surface area (Å²) in [5.74, 6) is 0.324. The van der Waals surface area contributed by atoms with Gasteiger partial charge in [-0.3, -0.25) is 9.59 Å². The molecule has 5 heteroatoms. The quantitative estimate of drug-likeness (QED) is 0.823. The van der Waals surface area contributed by atoms with E-state index in [9.17, 15) is 9.59 Å². The van der Waals surface area contributed by atoms with Gasteiger partial charge in [-0.1, -0.05) is 30.8 Å². The Kier molecular flexibility index (Phi) is 4.17. The first-order valence-electron chi connectivity index (χ1n) is 7.89. The summed E-state index contributed by atoms with van der Waals surface area (Å²) in [6.07, 6.45) is 4.30. The van der Waals surface area contributed by atoms with E-state index in [4.69, 9.17) is 0 Å². The first kappa shape index (κ1) is 15.4. The molecule has 1 aromatic rings. The van der Waals surface area contributed by atoms with E-state index < -0.39 is 4.75 Å². The molecule has 4 nitrogen and oxygen atoms in total. The van der Waals surface area contributed by atoms with Crippen molar-refractivity contribution in [2.24, 2.45) is 5.92 Å². The maximum absolute atomic E-state index is 12.7. The third-order valence-electron chi connectivity index (χ3n) is 4.67. The van der Waals surface area contributed by atoms with Crippen molar-refractivity contribution in [2.75, 3.05) is 5.32 Å². The number of carbonyl (C=O) groups excluding carboxylic acids is 2. The molecular formula is C17H22N2O2S. The molecule has 0 aromatic heterocycles. The Hall–Kier alpha value is -1.49. The summed E-state index contributed by atoms with van der Waals surface area (Å²) in [5.41, 5.74) is 0.786. The number of thioether (sulfide) groups is 1. The second-order valence-corrected chi connectivity index (χ2v) is 7.98. The molecular weight excluding hydrogens is 296 g/mol. The molecule has 1 heterocycles. The van der Waals surface area contributed by atoms with Gasteiger partial charge in [-0.25, -0.2) is 0 Å². The van der Waals surface area contributed by atoms with Crippen molar-refractivity contribution >= 4 is 29.3 Å². The van der Waals surface area contributed by atoms with Gasteiger partial charge in [-0.2, -0.15) is 0 Å². The molecule has 1 aromatic carbocycles. The van der Waals surface area contributed by atoms with Crippen LogP contribution in [0.3, 0.4) is 0 Å². The molecule has 3 rings (SSSR count). The van der Waals surface area contributed by atoms with Gasteiger partial charge in [-0.05, 0) is 50.7 Å². The van der Waals surface area contributed by atoms with Gasteiger partial charge in [0, 0.05) is 10.9 Å². The van der Waals surface area contributed by atoms with Crippen LogP contribution in [0.25, 0.3) is 0 Å². The molecule has 1 aliphatic carbocycles. The Morgan fingerprint density at radius 3 is 2.68 bits per heavy atom. The maximum atomic E-state index is 12.7. The predicted octanol–water partition coefficient (Wildman–Crippen LogP) is 3.18. The van der Waals surface area contributed by atoms with Crippen LogP contribution in [0.1, 0.15) is 39.5 Å². The van der Waals surface area contributed by atoms with Crippen LogP contribution in [0.15, 0.2) is 29.2 Å². The molecule has 1 fully saturated rings. The van der Waals surface area contributed by atoms with E-state index in [1.807, 2.05) is 24.3 Å². The molecule has 22 heavy (non-hydrogen) atoms. The molecule has 1 aliphatic heterocycles. The van der Waals surface area contributed by atoms with Crippen molar-refractivity contribution in [3.63, 3.8) is 0 Å².